The molecule has 0 spiro atoms. The summed E-state index contributed by atoms with van der Waals surface area (Å²) in [6.45, 7) is 9.83. The van der Waals surface area contributed by atoms with Crippen LogP contribution < -0.4 is 16.0 Å². The highest BCUT2D eigenvalue weighted by Gasteiger charge is 2.08. The molecule has 6 nitrogen and oxygen atoms in total. The third-order valence-electron chi connectivity index (χ3n) is 3.86. The number of thiazole rings is 1. The lowest BCUT2D eigenvalue weighted by Crippen LogP contribution is -2.41. The van der Waals surface area contributed by atoms with E-state index in [4.69, 9.17) is 0 Å². The SMILES string of the molecule is CCNC(=NCc1sc(C)nc1C)NCCNC(=O)c1ccc(C)c(F)c1. The summed E-state index contributed by atoms with van der Waals surface area (Å²) >= 11 is 1.65. The molecule has 1 amide bonds. The Bertz CT molecular complexity index is 818. The van der Waals surface area contributed by atoms with E-state index >= 15 is 0 Å². The van der Waals surface area contributed by atoms with Crippen molar-refractivity contribution in [2.45, 2.75) is 34.2 Å². The molecule has 0 bridgehead atoms. The van der Waals surface area contributed by atoms with Crippen molar-refractivity contribution in [3.8, 4) is 0 Å². The maximum atomic E-state index is 13.6. The summed E-state index contributed by atoms with van der Waals surface area (Å²) in [5, 5.41) is 10.2. The molecule has 0 fully saturated rings. The van der Waals surface area contributed by atoms with E-state index in [1.807, 2.05) is 20.8 Å². The molecule has 27 heavy (non-hydrogen) atoms. The van der Waals surface area contributed by atoms with E-state index in [0.717, 1.165) is 22.1 Å². The molecular formula is C19H26FN5OS. The van der Waals surface area contributed by atoms with Gasteiger partial charge in [0, 0.05) is 30.1 Å². The zero-order valence-electron chi connectivity index (χ0n) is 16.1. The van der Waals surface area contributed by atoms with E-state index in [2.05, 4.69) is 25.9 Å². The Labute approximate surface area is 163 Å². The monoisotopic (exact) mass is 391 g/mol. The van der Waals surface area contributed by atoms with E-state index < -0.39 is 0 Å². The van der Waals surface area contributed by atoms with Crippen LogP contribution >= 0.6 is 11.3 Å². The molecule has 1 aromatic carbocycles. The first-order valence-corrected chi connectivity index (χ1v) is 9.71. The molecule has 0 unspecified atom stereocenters. The molecule has 3 N–H and O–H groups in total. The summed E-state index contributed by atoms with van der Waals surface area (Å²) in [6, 6.07) is 4.47. The van der Waals surface area contributed by atoms with Crippen molar-refractivity contribution in [2.24, 2.45) is 4.99 Å². The van der Waals surface area contributed by atoms with Crippen LogP contribution in [0.1, 0.15) is 38.4 Å². The Hall–Kier alpha value is -2.48. The van der Waals surface area contributed by atoms with Crippen molar-refractivity contribution < 1.29 is 9.18 Å². The van der Waals surface area contributed by atoms with Gasteiger partial charge in [-0.1, -0.05) is 6.07 Å². The normalized spacial score (nSPS) is 11.4. The number of hydrogen-bond donors (Lipinski definition) is 3. The van der Waals surface area contributed by atoms with Crippen LogP contribution in [0.4, 0.5) is 4.39 Å². The van der Waals surface area contributed by atoms with E-state index in [-0.39, 0.29) is 11.7 Å². The first-order chi connectivity index (χ1) is 12.9. The van der Waals surface area contributed by atoms with Crippen molar-refractivity contribution in [3.63, 3.8) is 0 Å². The summed E-state index contributed by atoms with van der Waals surface area (Å²) in [4.78, 5) is 22.2. The maximum Gasteiger partial charge on any atom is 0.251 e. The summed E-state index contributed by atoms with van der Waals surface area (Å²) < 4.78 is 13.6. The number of amides is 1. The molecule has 1 aromatic heterocycles. The second-order valence-electron chi connectivity index (χ2n) is 6.08. The van der Waals surface area contributed by atoms with Gasteiger partial charge < -0.3 is 16.0 Å². The largest absolute Gasteiger partial charge is 0.357 e. The molecule has 2 aromatic rings. The Morgan fingerprint density at radius 1 is 1.19 bits per heavy atom. The molecule has 1 heterocycles. The number of hydrogen-bond acceptors (Lipinski definition) is 4. The van der Waals surface area contributed by atoms with E-state index in [1.54, 1.807) is 30.4 Å². The van der Waals surface area contributed by atoms with Gasteiger partial charge in [-0.2, -0.15) is 0 Å². The van der Waals surface area contributed by atoms with Gasteiger partial charge >= 0.3 is 0 Å². The van der Waals surface area contributed by atoms with Gasteiger partial charge in [-0.25, -0.2) is 14.4 Å². The fourth-order valence-corrected chi connectivity index (χ4v) is 3.27. The second kappa shape index (κ2) is 10.0. The summed E-state index contributed by atoms with van der Waals surface area (Å²) in [5.41, 5.74) is 1.84. The minimum absolute atomic E-state index is 0.298. The van der Waals surface area contributed by atoms with Crippen LogP contribution in [0.15, 0.2) is 23.2 Å². The van der Waals surface area contributed by atoms with Crippen LogP contribution in [-0.4, -0.2) is 36.5 Å². The van der Waals surface area contributed by atoms with Crippen molar-refractivity contribution in [1.82, 2.24) is 20.9 Å². The fourth-order valence-electron chi connectivity index (χ4n) is 2.41. The van der Waals surface area contributed by atoms with Crippen LogP contribution in [0.2, 0.25) is 0 Å². The number of aryl methyl sites for hydroxylation is 3. The standard InChI is InChI=1S/C19H26FN5OS/c1-5-21-19(24-11-17-13(3)25-14(4)27-17)23-9-8-22-18(26)15-7-6-12(2)16(20)10-15/h6-7,10H,5,8-9,11H2,1-4H3,(H,22,26)(H2,21,23,24). The van der Waals surface area contributed by atoms with Gasteiger partial charge in [-0.3, -0.25) is 4.79 Å². The van der Waals surface area contributed by atoms with Crippen LogP contribution in [0.25, 0.3) is 0 Å². The molecule has 0 saturated heterocycles. The number of guanidine groups is 1. The number of carbonyl (C=O) groups is 1. The van der Waals surface area contributed by atoms with Crippen LogP contribution in [0.5, 0.6) is 0 Å². The third-order valence-corrected chi connectivity index (χ3v) is 4.92. The molecule has 2 rings (SSSR count). The zero-order chi connectivity index (χ0) is 19.8. The number of carbonyl (C=O) groups excluding carboxylic acids is 1. The Kier molecular flexibility index (Phi) is 7.72. The summed E-state index contributed by atoms with van der Waals surface area (Å²) in [7, 11) is 0. The summed E-state index contributed by atoms with van der Waals surface area (Å²) in [6.07, 6.45) is 0. The predicted molar refractivity (Wildman–Crippen MR) is 108 cm³/mol. The molecule has 0 radical (unpaired) electrons. The highest BCUT2D eigenvalue weighted by Crippen LogP contribution is 2.17. The summed E-state index contributed by atoms with van der Waals surface area (Å²) in [5.74, 6) is 0.00270. The van der Waals surface area contributed by atoms with Crippen molar-refractivity contribution in [1.29, 1.82) is 0 Å². The lowest BCUT2D eigenvalue weighted by molar-refractivity contribution is 0.0954. The van der Waals surface area contributed by atoms with Crippen molar-refractivity contribution in [2.75, 3.05) is 19.6 Å². The van der Waals surface area contributed by atoms with Crippen LogP contribution in [0, 0.1) is 26.6 Å². The zero-order valence-corrected chi connectivity index (χ0v) is 17.0. The molecule has 0 aliphatic heterocycles. The van der Waals surface area contributed by atoms with E-state index in [1.165, 1.54) is 6.07 Å². The molecule has 0 aliphatic rings. The average Bonchev–Trinajstić information content (AvgIpc) is 2.95. The Morgan fingerprint density at radius 2 is 1.93 bits per heavy atom. The first-order valence-electron chi connectivity index (χ1n) is 8.90. The fraction of sp³-hybridized carbons (Fsp3) is 0.421. The molecule has 0 atom stereocenters. The number of nitrogens with zero attached hydrogens (tertiary/aromatic N) is 2. The Morgan fingerprint density at radius 3 is 2.56 bits per heavy atom. The van der Waals surface area contributed by atoms with Crippen LogP contribution in [0.3, 0.4) is 0 Å². The molecule has 0 aliphatic carbocycles. The lowest BCUT2D eigenvalue weighted by Gasteiger charge is -2.12. The number of benzene rings is 1. The highest BCUT2D eigenvalue weighted by atomic mass is 32.1. The lowest BCUT2D eigenvalue weighted by atomic mass is 10.1. The molecule has 8 heteroatoms. The number of rotatable bonds is 7. The number of nitrogens with one attached hydrogen (secondary N) is 3. The molecular weight excluding hydrogens is 365 g/mol. The quantitative estimate of drug-likeness (QED) is 0.385. The smallest absolute Gasteiger partial charge is 0.251 e. The van der Waals surface area contributed by atoms with E-state index in [9.17, 15) is 9.18 Å². The van der Waals surface area contributed by atoms with Gasteiger partial charge in [0.15, 0.2) is 5.96 Å². The first kappa shape index (κ1) is 20.8. The molecule has 146 valence electrons. The number of aliphatic imine (C=N–C) groups is 1. The van der Waals surface area contributed by atoms with Crippen LogP contribution in [-0.2, 0) is 6.54 Å². The minimum atomic E-state index is -0.379. The van der Waals surface area contributed by atoms with Gasteiger partial charge in [0.25, 0.3) is 5.91 Å². The topological polar surface area (TPSA) is 78.4 Å². The van der Waals surface area contributed by atoms with Gasteiger partial charge in [0.1, 0.15) is 5.82 Å². The Balaban J connectivity index is 1.83. The van der Waals surface area contributed by atoms with Gasteiger partial charge in [0.05, 0.1) is 17.2 Å². The average molecular weight is 392 g/mol. The van der Waals surface area contributed by atoms with Crippen molar-refractivity contribution in [3.05, 3.63) is 50.7 Å². The second-order valence-corrected chi connectivity index (χ2v) is 7.37. The van der Waals surface area contributed by atoms with Gasteiger partial charge in [-0.15, -0.1) is 11.3 Å². The van der Waals surface area contributed by atoms with Gasteiger partial charge in [0.2, 0.25) is 0 Å². The highest BCUT2D eigenvalue weighted by molar-refractivity contribution is 7.11. The molecule has 0 saturated carbocycles. The maximum absolute atomic E-state index is 13.6. The number of aromatic nitrogens is 1. The van der Waals surface area contributed by atoms with Crippen molar-refractivity contribution >= 4 is 23.2 Å². The van der Waals surface area contributed by atoms with Gasteiger partial charge in [-0.05, 0) is 45.4 Å². The minimum Gasteiger partial charge on any atom is -0.357 e. The van der Waals surface area contributed by atoms with E-state index in [0.29, 0.717) is 36.7 Å². The third kappa shape index (κ3) is 6.32. The predicted octanol–water partition coefficient (Wildman–Crippen LogP) is 2.69. The number of halogens is 1.